The minimum Gasteiger partial charge on any atom is -0.0991 e. The third-order valence-electron chi connectivity index (χ3n) is 8.99. The number of unbranched alkanes of at least 4 members (excludes halogenated alkanes) is 1. The van der Waals surface area contributed by atoms with Gasteiger partial charge in [0.1, 0.15) is 0 Å². The lowest BCUT2D eigenvalue weighted by molar-refractivity contribution is 0.373. The van der Waals surface area contributed by atoms with Crippen LogP contribution in [0.15, 0.2) is 144 Å². The van der Waals surface area contributed by atoms with Crippen molar-refractivity contribution < 1.29 is 0 Å². The molecule has 1 aromatic carbocycles. The molecule has 0 spiro atoms. The molecule has 0 saturated heterocycles. The zero-order chi connectivity index (χ0) is 29.7. The molecule has 1 fully saturated rings. The van der Waals surface area contributed by atoms with Crippen LogP contribution in [-0.2, 0) is 0 Å². The Morgan fingerprint density at radius 1 is 1.00 bits per heavy atom. The summed E-state index contributed by atoms with van der Waals surface area (Å²) in [6.07, 6.45) is 39.8. The molecule has 0 aromatic heterocycles. The van der Waals surface area contributed by atoms with Gasteiger partial charge in [-0.3, -0.25) is 0 Å². The number of hydrogen-bond donors (Lipinski definition) is 0. The SMILES string of the molecule is C=C/C=C\C1=CC(=C(\CCC)C2=CCC2/C(=C/C=C\CC\C=C(/C=C/C(C=C)=C/C)C2CCC2)CC)/c2ccccc21. The molecule has 1 atom stereocenters. The third-order valence-corrected chi connectivity index (χ3v) is 8.99. The standard InChI is InChI=1S/C42H50/c1-6-11-20-36-31-42(40-26-17-16-25-37(36)40)39(19-7-2)41-30-29-38(41)33(10-5)21-14-12-13-15-22-35(34-23-18-24-34)28-27-32(8-3)9-4/h6,8-9,11-12,14,16-17,20-22,25-28,30-31,34,38H,1,3,7,10,13,15,18-19,23-24,29H2,2,4-5H3/b14-12-,20-11-,28-27+,32-9+,33-21+,35-22+,42-39-. The summed E-state index contributed by atoms with van der Waals surface area (Å²) in [5, 5.41) is 0. The molecule has 0 heteroatoms. The molecule has 218 valence electrons. The van der Waals surface area contributed by atoms with E-state index >= 15 is 0 Å². The Labute approximate surface area is 256 Å². The van der Waals surface area contributed by atoms with Gasteiger partial charge in [-0.1, -0.05) is 143 Å². The van der Waals surface area contributed by atoms with Crippen molar-refractivity contribution in [3.8, 4) is 0 Å². The first-order valence-corrected chi connectivity index (χ1v) is 16.2. The Kier molecular flexibility index (Phi) is 12.0. The van der Waals surface area contributed by atoms with Crippen molar-refractivity contribution in [2.75, 3.05) is 0 Å². The van der Waals surface area contributed by atoms with Gasteiger partial charge in [0.2, 0.25) is 0 Å². The Bertz CT molecular complexity index is 1400. The fourth-order valence-corrected chi connectivity index (χ4v) is 6.26. The number of fused-ring (bicyclic) bond motifs is 1. The molecule has 42 heavy (non-hydrogen) atoms. The van der Waals surface area contributed by atoms with Crippen molar-refractivity contribution in [3.05, 3.63) is 155 Å². The van der Waals surface area contributed by atoms with Gasteiger partial charge >= 0.3 is 0 Å². The monoisotopic (exact) mass is 554 g/mol. The summed E-state index contributed by atoms with van der Waals surface area (Å²) in [7, 11) is 0. The second-order valence-corrected chi connectivity index (χ2v) is 11.6. The second-order valence-electron chi connectivity index (χ2n) is 11.6. The van der Waals surface area contributed by atoms with Gasteiger partial charge in [-0.05, 0) is 108 Å². The van der Waals surface area contributed by atoms with Crippen LogP contribution < -0.4 is 0 Å². The molecule has 4 rings (SSSR count). The molecule has 1 aromatic rings. The van der Waals surface area contributed by atoms with E-state index in [9.17, 15) is 0 Å². The van der Waals surface area contributed by atoms with Crippen molar-refractivity contribution in [2.45, 2.75) is 78.6 Å². The largest absolute Gasteiger partial charge is 0.0991 e. The summed E-state index contributed by atoms with van der Waals surface area (Å²) in [5.74, 6) is 1.27. The first-order valence-electron chi connectivity index (χ1n) is 16.2. The van der Waals surface area contributed by atoms with E-state index in [4.69, 9.17) is 0 Å². The Morgan fingerprint density at radius 3 is 2.43 bits per heavy atom. The zero-order valence-electron chi connectivity index (χ0n) is 26.2. The maximum Gasteiger partial charge on any atom is 0.00856 e. The third kappa shape index (κ3) is 7.60. The lowest BCUT2D eigenvalue weighted by Crippen LogP contribution is -2.17. The fraction of sp³-hybridized carbons (Fsp3) is 0.333. The van der Waals surface area contributed by atoms with E-state index in [2.05, 4.69) is 119 Å². The van der Waals surface area contributed by atoms with Gasteiger partial charge in [-0.25, -0.2) is 0 Å². The van der Waals surface area contributed by atoms with E-state index in [1.54, 1.807) is 11.1 Å². The highest BCUT2D eigenvalue weighted by Gasteiger charge is 2.30. The highest BCUT2D eigenvalue weighted by atomic mass is 14.3. The first-order chi connectivity index (χ1) is 20.6. The molecule has 0 heterocycles. The van der Waals surface area contributed by atoms with Crippen LogP contribution >= 0.6 is 0 Å². The molecule has 3 aliphatic carbocycles. The highest BCUT2D eigenvalue weighted by Crippen LogP contribution is 2.47. The quantitative estimate of drug-likeness (QED) is 0.149. The highest BCUT2D eigenvalue weighted by molar-refractivity contribution is 6.00. The van der Waals surface area contributed by atoms with E-state index in [1.807, 2.05) is 18.2 Å². The lowest BCUT2D eigenvalue weighted by Gasteiger charge is -2.32. The number of benzene rings is 1. The van der Waals surface area contributed by atoms with Crippen molar-refractivity contribution in [3.63, 3.8) is 0 Å². The predicted octanol–water partition coefficient (Wildman–Crippen LogP) is 12.4. The summed E-state index contributed by atoms with van der Waals surface area (Å²) < 4.78 is 0. The van der Waals surface area contributed by atoms with Gasteiger partial charge in [-0.2, -0.15) is 0 Å². The van der Waals surface area contributed by atoms with Crippen molar-refractivity contribution in [2.24, 2.45) is 11.8 Å². The molecule has 0 radical (unpaired) electrons. The van der Waals surface area contributed by atoms with Crippen LogP contribution in [0.25, 0.3) is 11.1 Å². The van der Waals surface area contributed by atoms with Gasteiger partial charge in [0, 0.05) is 5.92 Å². The smallest absolute Gasteiger partial charge is 0.00856 e. The van der Waals surface area contributed by atoms with Crippen molar-refractivity contribution in [1.29, 1.82) is 0 Å². The Hall–Kier alpha value is -3.64. The minimum atomic E-state index is 0.531. The molecule has 1 saturated carbocycles. The van der Waals surface area contributed by atoms with Crippen LogP contribution in [0.5, 0.6) is 0 Å². The van der Waals surface area contributed by atoms with Crippen LogP contribution in [0.4, 0.5) is 0 Å². The topological polar surface area (TPSA) is 0 Å². The molecule has 0 aliphatic heterocycles. The van der Waals surface area contributed by atoms with Gasteiger partial charge in [0.05, 0.1) is 0 Å². The molecular weight excluding hydrogens is 504 g/mol. The first kappa shape index (κ1) is 31.3. The predicted molar refractivity (Wildman–Crippen MR) is 187 cm³/mol. The molecule has 0 amide bonds. The Balaban J connectivity index is 1.47. The number of allylic oxidation sites excluding steroid dienone is 20. The van der Waals surface area contributed by atoms with E-state index in [0.29, 0.717) is 5.92 Å². The molecule has 1 unspecified atom stereocenters. The molecule has 0 N–H and O–H groups in total. The van der Waals surface area contributed by atoms with Gasteiger partial charge in [0.25, 0.3) is 0 Å². The molecule has 3 aliphatic rings. The van der Waals surface area contributed by atoms with Crippen LogP contribution in [0.2, 0.25) is 0 Å². The van der Waals surface area contributed by atoms with Crippen LogP contribution in [0, 0.1) is 11.8 Å². The summed E-state index contributed by atoms with van der Waals surface area (Å²) in [6, 6.07) is 8.86. The van der Waals surface area contributed by atoms with Crippen LogP contribution in [-0.4, -0.2) is 0 Å². The second kappa shape index (κ2) is 16.1. The van der Waals surface area contributed by atoms with Crippen LogP contribution in [0.3, 0.4) is 0 Å². The van der Waals surface area contributed by atoms with Crippen LogP contribution in [0.1, 0.15) is 89.7 Å². The molecule has 0 bridgehead atoms. The fourth-order valence-electron chi connectivity index (χ4n) is 6.26. The minimum absolute atomic E-state index is 0.531. The van der Waals surface area contributed by atoms with E-state index in [1.165, 1.54) is 58.3 Å². The molecule has 0 nitrogen and oxygen atoms in total. The maximum atomic E-state index is 3.93. The zero-order valence-corrected chi connectivity index (χ0v) is 26.2. The normalized spacial score (nSPS) is 20.9. The number of rotatable bonds is 15. The van der Waals surface area contributed by atoms with Gasteiger partial charge < -0.3 is 0 Å². The summed E-state index contributed by atoms with van der Waals surface area (Å²) >= 11 is 0. The average molecular weight is 555 g/mol. The summed E-state index contributed by atoms with van der Waals surface area (Å²) in [6.45, 7) is 14.5. The molecular formula is C42H50. The van der Waals surface area contributed by atoms with E-state index in [-0.39, 0.29) is 0 Å². The summed E-state index contributed by atoms with van der Waals surface area (Å²) in [5.41, 5.74) is 12.7. The van der Waals surface area contributed by atoms with E-state index < -0.39 is 0 Å². The maximum absolute atomic E-state index is 3.93. The number of hydrogen-bond acceptors (Lipinski definition) is 0. The van der Waals surface area contributed by atoms with Crippen molar-refractivity contribution in [1.82, 2.24) is 0 Å². The van der Waals surface area contributed by atoms with Crippen molar-refractivity contribution >= 4 is 11.1 Å². The lowest BCUT2D eigenvalue weighted by atomic mass is 9.72. The van der Waals surface area contributed by atoms with Gasteiger partial charge in [-0.15, -0.1) is 0 Å². The van der Waals surface area contributed by atoms with Gasteiger partial charge in [0.15, 0.2) is 0 Å². The summed E-state index contributed by atoms with van der Waals surface area (Å²) in [4.78, 5) is 0. The van der Waals surface area contributed by atoms with E-state index in [0.717, 1.165) is 44.4 Å². The average Bonchev–Trinajstić information content (AvgIpc) is 3.33. The Morgan fingerprint density at radius 2 is 1.81 bits per heavy atom.